The number of pyridine rings is 1. The summed E-state index contributed by atoms with van der Waals surface area (Å²) in [6.45, 7) is 2.76. The highest BCUT2D eigenvalue weighted by Gasteiger charge is 2.31. The van der Waals surface area contributed by atoms with Crippen LogP contribution >= 0.6 is 0 Å². The molecular formula is C23H24FN7O. The zero-order valence-electron chi connectivity index (χ0n) is 18.2. The number of imidazole rings is 1. The Balaban J connectivity index is 1.86. The van der Waals surface area contributed by atoms with Gasteiger partial charge < -0.3 is 19.6 Å². The highest BCUT2D eigenvalue weighted by Crippen LogP contribution is 2.38. The van der Waals surface area contributed by atoms with E-state index in [1.54, 1.807) is 19.4 Å². The Morgan fingerprint density at radius 3 is 2.81 bits per heavy atom. The molecule has 9 heteroatoms. The van der Waals surface area contributed by atoms with Crippen LogP contribution in [0.4, 0.5) is 10.2 Å². The number of aliphatic hydroxyl groups is 1. The second-order valence-electron chi connectivity index (χ2n) is 8.23. The van der Waals surface area contributed by atoms with Gasteiger partial charge in [-0.1, -0.05) is 0 Å². The summed E-state index contributed by atoms with van der Waals surface area (Å²) in [5.74, 6) is 0.171. The monoisotopic (exact) mass is 433 g/mol. The molecule has 2 unspecified atom stereocenters. The van der Waals surface area contributed by atoms with Crippen LogP contribution < -0.4 is 5.32 Å². The molecule has 5 rings (SSSR count). The van der Waals surface area contributed by atoms with Crippen LogP contribution in [0, 0.1) is 17.1 Å². The number of nitrogens with one attached hydrogen (secondary N) is 1. The second-order valence-corrected chi connectivity index (χ2v) is 8.23. The number of rotatable bonds is 4. The predicted octanol–water partition coefficient (Wildman–Crippen LogP) is 3.58. The van der Waals surface area contributed by atoms with E-state index < -0.39 is 12.0 Å². The largest absolute Gasteiger partial charge is 0.378 e. The zero-order chi connectivity index (χ0) is 22.6. The van der Waals surface area contributed by atoms with Gasteiger partial charge in [-0.15, -0.1) is 0 Å². The van der Waals surface area contributed by atoms with Gasteiger partial charge in [-0.3, -0.25) is 4.90 Å². The number of nitriles is 1. The number of aryl methyl sites for hydroxylation is 1. The van der Waals surface area contributed by atoms with Crippen LogP contribution in [-0.4, -0.2) is 48.9 Å². The first-order valence-electron chi connectivity index (χ1n) is 10.6. The van der Waals surface area contributed by atoms with Crippen molar-refractivity contribution in [3.63, 3.8) is 0 Å². The minimum Gasteiger partial charge on any atom is -0.378 e. The standard InChI is InChI=1S/C23H24FN7O/c1-13(30-6-4-5-19(30)32)31-18(15-7-14(11-25)8-16(24)9-15)10-17-21-20(27-12-29(21)3)22(26-2)28-23(17)31/h7-10,12-13,19,32H,4-6H2,1-3H3,(H,26,28). The summed E-state index contributed by atoms with van der Waals surface area (Å²) in [7, 11) is 3.73. The second kappa shape index (κ2) is 7.58. The number of likely N-dealkylation sites (tertiary alicyclic amines) is 1. The Bertz CT molecular complexity index is 1380. The molecule has 164 valence electrons. The first-order chi connectivity index (χ1) is 15.4. The molecule has 1 aliphatic rings. The van der Waals surface area contributed by atoms with Crippen molar-refractivity contribution in [2.24, 2.45) is 7.05 Å². The lowest BCUT2D eigenvalue weighted by molar-refractivity contribution is -0.00672. The van der Waals surface area contributed by atoms with Crippen LogP contribution in [0.3, 0.4) is 0 Å². The van der Waals surface area contributed by atoms with Crippen LogP contribution in [0.25, 0.3) is 33.3 Å². The number of hydrogen-bond donors (Lipinski definition) is 2. The Hall–Kier alpha value is -3.48. The summed E-state index contributed by atoms with van der Waals surface area (Å²) < 4.78 is 18.3. The van der Waals surface area contributed by atoms with E-state index in [1.807, 2.05) is 40.1 Å². The molecule has 1 saturated heterocycles. The maximum atomic E-state index is 14.4. The van der Waals surface area contributed by atoms with Crippen molar-refractivity contribution in [2.75, 3.05) is 18.9 Å². The van der Waals surface area contributed by atoms with Gasteiger partial charge in [0.2, 0.25) is 0 Å². The molecule has 2 N–H and O–H groups in total. The van der Waals surface area contributed by atoms with Gasteiger partial charge >= 0.3 is 0 Å². The van der Waals surface area contributed by atoms with E-state index in [-0.39, 0.29) is 11.7 Å². The van der Waals surface area contributed by atoms with Crippen LogP contribution in [-0.2, 0) is 7.05 Å². The third-order valence-electron chi connectivity index (χ3n) is 6.32. The minimum atomic E-state index is -0.554. The van der Waals surface area contributed by atoms with Crippen molar-refractivity contribution in [2.45, 2.75) is 32.2 Å². The maximum Gasteiger partial charge on any atom is 0.156 e. The molecule has 0 aliphatic carbocycles. The van der Waals surface area contributed by atoms with Crippen LogP contribution in [0.5, 0.6) is 0 Å². The Kier molecular flexibility index (Phi) is 4.84. The zero-order valence-corrected chi connectivity index (χ0v) is 18.2. The molecule has 0 radical (unpaired) electrons. The molecule has 0 bridgehead atoms. The number of fused-ring (bicyclic) bond motifs is 3. The lowest BCUT2D eigenvalue weighted by atomic mass is 10.1. The van der Waals surface area contributed by atoms with Gasteiger partial charge in [-0.25, -0.2) is 14.4 Å². The highest BCUT2D eigenvalue weighted by atomic mass is 19.1. The average molecular weight is 433 g/mol. The van der Waals surface area contributed by atoms with E-state index in [2.05, 4.69) is 10.3 Å². The molecular weight excluding hydrogens is 409 g/mol. The lowest BCUT2D eigenvalue weighted by Gasteiger charge is -2.30. The molecule has 32 heavy (non-hydrogen) atoms. The molecule has 1 fully saturated rings. The third kappa shape index (κ3) is 3.03. The van der Waals surface area contributed by atoms with Gasteiger partial charge in [-0.2, -0.15) is 5.26 Å². The van der Waals surface area contributed by atoms with E-state index in [1.165, 1.54) is 12.1 Å². The molecule has 0 spiro atoms. The highest BCUT2D eigenvalue weighted by molar-refractivity contribution is 6.08. The number of anilines is 1. The SMILES string of the molecule is CNc1nc2c(cc(-c3cc(F)cc(C#N)c3)n2C(C)N2CCCC2O)c2c1ncn2C. The summed E-state index contributed by atoms with van der Waals surface area (Å²) in [4.78, 5) is 11.4. The van der Waals surface area contributed by atoms with Crippen LogP contribution in [0.1, 0.15) is 31.5 Å². The number of hydrogen-bond acceptors (Lipinski definition) is 6. The Morgan fingerprint density at radius 1 is 1.31 bits per heavy atom. The van der Waals surface area contributed by atoms with Gasteiger partial charge in [-0.05, 0) is 44.0 Å². The van der Waals surface area contributed by atoms with Gasteiger partial charge in [0.05, 0.1) is 35.3 Å². The first-order valence-corrected chi connectivity index (χ1v) is 10.6. The van der Waals surface area contributed by atoms with Crippen molar-refractivity contribution >= 4 is 27.9 Å². The van der Waals surface area contributed by atoms with Gasteiger partial charge in [0.25, 0.3) is 0 Å². The normalized spacial score (nSPS) is 17.8. The maximum absolute atomic E-state index is 14.4. The smallest absolute Gasteiger partial charge is 0.156 e. The van der Waals surface area contributed by atoms with Crippen molar-refractivity contribution in [3.8, 4) is 17.3 Å². The van der Waals surface area contributed by atoms with Crippen molar-refractivity contribution < 1.29 is 9.50 Å². The number of benzene rings is 1. The van der Waals surface area contributed by atoms with Crippen molar-refractivity contribution in [3.05, 3.63) is 42.0 Å². The fourth-order valence-electron chi connectivity index (χ4n) is 4.82. The molecule has 1 aliphatic heterocycles. The number of aliphatic hydroxyl groups excluding tert-OH is 1. The lowest BCUT2D eigenvalue weighted by Crippen LogP contribution is -2.35. The average Bonchev–Trinajstić information content (AvgIpc) is 3.48. The fraction of sp³-hybridized carbons (Fsp3) is 0.348. The molecule has 4 heterocycles. The molecule has 2 atom stereocenters. The number of halogens is 1. The van der Waals surface area contributed by atoms with Crippen LogP contribution in [0.2, 0.25) is 0 Å². The Morgan fingerprint density at radius 2 is 2.12 bits per heavy atom. The summed E-state index contributed by atoms with van der Waals surface area (Å²) >= 11 is 0. The Labute approximate surface area is 184 Å². The molecule has 0 saturated carbocycles. The summed E-state index contributed by atoms with van der Waals surface area (Å²) in [6.07, 6.45) is 2.56. The van der Waals surface area contributed by atoms with E-state index in [0.717, 1.165) is 35.1 Å². The first kappa shape index (κ1) is 20.4. The van der Waals surface area contributed by atoms with Crippen molar-refractivity contribution in [1.29, 1.82) is 5.26 Å². The summed E-state index contributed by atoms with van der Waals surface area (Å²) in [5, 5.41) is 23.9. The predicted molar refractivity (Wildman–Crippen MR) is 120 cm³/mol. The topological polar surface area (TPSA) is 94.9 Å². The number of aromatic nitrogens is 4. The van der Waals surface area contributed by atoms with E-state index in [4.69, 9.17) is 4.98 Å². The van der Waals surface area contributed by atoms with Gasteiger partial charge in [0, 0.05) is 31.6 Å². The fourth-order valence-corrected chi connectivity index (χ4v) is 4.82. The van der Waals surface area contributed by atoms with E-state index in [0.29, 0.717) is 23.4 Å². The van der Waals surface area contributed by atoms with E-state index >= 15 is 0 Å². The molecule has 1 aromatic carbocycles. The van der Waals surface area contributed by atoms with Gasteiger partial charge in [0.1, 0.15) is 23.2 Å². The summed E-state index contributed by atoms with van der Waals surface area (Å²) in [5.41, 5.74) is 3.92. The van der Waals surface area contributed by atoms with Crippen molar-refractivity contribution in [1.82, 2.24) is 24.0 Å². The number of nitrogens with zero attached hydrogens (tertiary/aromatic N) is 6. The quantitative estimate of drug-likeness (QED) is 0.511. The molecule has 8 nitrogen and oxygen atoms in total. The van der Waals surface area contributed by atoms with Gasteiger partial charge in [0.15, 0.2) is 5.82 Å². The minimum absolute atomic E-state index is 0.239. The van der Waals surface area contributed by atoms with Crippen LogP contribution in [0.15, 0.2) is 30.6 Å². The molecule has 3 aromatic heterocycles. The van der Waals surface area contributed by atoms with E-state index in [9.17, 15) is 14.8 Å². The molecule has 0 amide bonds. The third-order valence-corrected chi connectivity index (χ3v) is 6.32. The molecule has 4 aromatic rings. The summed E-state index contributed by atoms with van der Waals surface area (Å²) in [6, 6.07) is 8.34.